The topological polar surface area (TPSA) is 29.1 Å². The van der Waals surface area contributed by atoms with E-state index in [0.29, 0.717) is 20.9 Å². The summed E-state index contributed by atoms with van der Waals surface area (Å²) in [7, 11) is 0. The average Bonchev–Trinajstić information content (AvgIpc) is 2.39. The fourth-order valence-corrected chi connectivity index (χ4v) is 2.59. The predicted octanol–water partition coefficient (Wildman–Crippen LogP) is 5.09. The molecule has 0 bridgehead atoms. The maximum Gasteiger partial charge on any atom is 0.256 e. The van der Waals surface area contributed by atoms with Gasteiger partial charge in [-0.25, -0.2) is 0 Å². The molecule has 0 heterocycles. The van der Waals surface area contributed by atoms with Gasteiger partial charge in [0.15, 0.2) is 0 Å². The largest absolute Gasteiger partial charge is 0.322 e. The molecule has 98 valence electrons. The second kappa shape index (κ2) is 6.42. The van der Waals surface area contributed by atoms with E-state index < -0.39 is 0 Å². The molecule has 0 atom stereocenters. The van der Waals surface area contributed by atoms with Crippen LogP contribution in [0.15, 0.2) is 46.9 Å². The van der Waals surface area contributed by atoms with E-state index in [1.54, 1.807) is 18.2 Å². The van der Waals surface area contributed by atoms with Crippen molar-refractivity contribution in [3.8, 4) is 0 Å². The molecule has 0 saturated heterocycles. The molecule has 0 aromatic heterocycles. The summed E-state index contributed by atoms with van der Waals surface area (Å²) >= 11 is 14.9. The van der Waals surface area contributed by atoms with E-state index in [4.69, 9.17) is 23.2 Å². The molecule has 0 radical (unpaired) electrons. The highest BCUT2D eigenvalue weighted by Gasteiger charge is 2.10. The number of halogens is 3. The van der Waals surface area contributed by atoms with E-state index in [9.17, 15) is 4.79 Å². The minimum atomic E-state index is -0.192. The Kier molecular flexibility index (Phi) is 4.86. The molecule has 5 heteroatoms. The highest BCUT2D eigenvalue weighted by atomic mass is 79.9. The lowest BCUT2D eigenvalue weighted by atomic mass is 10.2. The van der Waals surface area contributed by atoms with Crippen molar-refractivity contribution in [3.05, 3.63) is 63.1 Å². The third-order valence-corrected chi connectivity index (χ3v) is 3.74. The quantitative estimate of drug-likeness (QED) is 0.760. The van der Waals surface area contributed by atoms with Gasteiger partial charge in [-0.2, -0.15) is 0 Å². The van der Waals surface area contributed by atoms with Gasteiger partial charge >= 0.3 is 0 Å². The summed E-state index contributed by atoms with van der Waals surface area (Å²) in [6.45, 7) is 0. The summed E-state index contributed by atoms with van der Waals surface area (Å²) in [5, 5.41) is 3.39. The van der Waals surface area contributed by atoms with Crippen LogP contribution in [0.4, 0.5) is 5.69 Å². The first-order valence-electron chi connectivity index (χ1n) is 5.51. The minimum Gasteiger partial charge on any atom is -0.322 e. The second-order valence-electron chi connectivity index (χ2n) is 3.91. The number of carbonyl (C=O) groups is 1. The van der Waals surface area contributed by atoms with Gasteiger partial charge in [-0.1, -0.05) is 23.7 Å². The molecule has 0 fully saturated rings. The number of anilines is 1. The molecule has 2 rings (SSSR count). The molecule has 1 amide bonds. The zero-order valence-corrected chi connectivity index (χ0v) is 12.9. The normalized spacial score (nSPS) is 10.3. The number of hydrogen-bond acceptors (Lipinski definition) is 1. The average molecular weight is 359 g/mol. The smallest absolute Gasteiger partial charge is 0.256 e. The number of nitrogens with one attached hydrogen (secondary N) is 1. The Morgan fingerprint density at radius 1 is 1.16 bits per heavy atom. The molecule has 2 aromatic carbocycles. The van der Waals surface area contributed by atoms with Gasteiger partial charge < -0.3 is 5.32 Å². The number of hydrogen-bond donors (Lipinski definition) is 1. The minimum absolute atomic E-state index is 0.192. The molecular formula is C14H10BrCl2NO. The maximum absolute atomic E-state index is 12.1. The van der Waals surface area contributed by atoms with Crippen molar-refractivity contribution < 1.29 is 4.79 Å². The summed E-state index contributed by atoms with van der Waals surface area (Å²) < 4.78 is 0.662. The third kappa shape index (κ3) is 3.72. The number of benzene rings is 2. The van der Waals surface area contributed by atoms with Crippen molar-refractivity contribution in [2.24, 2.45) is 0 Å². The first-order chi connectivity index (χ1) is 9.10. The van der Waals surface area contributed by atoms with Gasteiger partial charge in [-0.15, -0.1) is 11.6 Å². The van der Waals surface area contributed by atoms with Crippen LogP contribution in [-0.4, -0.2) is 5.91 Å². The number of carbonyl (C=O) groups excluding carboxylic acids is 1. The van der Waals surface area contributed by atoms with E-state index in [-0.39, 0.29) is 5.91 Å². The first kappa shape index (κ1) is 14.4. The van der Waals surface area contributed by atoms with Gasteiger partial charge in [0, 0.05) is 21.1 Å². The van der Waals surface area contributed by atoms with E-state index >= 15 is 0 Å². The fraction of sp³-hybridized carbons (Fsp3) is 0.0714. The molecule has 19 heavy (non-hydrogen) atoms. The van der Waals surface area contributed by atoms with Gasteiger partial charge in [0.1, 0.15) is 0 Å². The predicted molar refractivity (Wildman–Crippen MR) is 83.1 cm³/mol. The molecule has 0 spiro atoms. The summed E-state index contributed by atoms with van der Waals surface area (Å²) in [5.74, 6) is 0.263. The van der Waals surface area contributed by atoms with Crippen LogP contribution in [0.5, 0.6) is 0 Å². The fourth-order valence-electron chi connectivity index (χ4n) is 1.55. The number of rotatable bonds is 3. The number of amides is 1. The van der Waals surface area contributed by atoms with E-state index in [2.05, 4.69) is 21.2 Å². The zero-order chi connectivity index (χ0) is 13.8. The van der Waals surface area contributed by atoms with Crippen molar-refractivity contribution >= 4 is 50.7 Å². The highest BCUT2D eigenvalue weighted by molar-refractivity contribution is 9.10. The van der Waals surface area contributed by atoms with E-state index in [0.717, 1.165) is 11.3 Å². The Morgan fingerprint density at radius 3 is 2.42 bits per heavy atom. The Balaban J connectivity index is 2.15. The van der Waals surface area contributed by atoms with Gasteiger partial charge in [0.25, 0.3) is 5.91 Å². The Labute approximate surface area is 129 Å². The van der Waals surface area contributed by atoms with Crippen LogP contribution in [0.1, 0.15) is 15.9 Å². The Hall–Kier alpha value is -1.03. The molecular weight excluding hydrogens is 349 g/mol. The summed E-state index contributed by atoms with van der Waals surface area (Å²) in [4.78, 5) is 12.1. The number of alkyl halides is 1. The molecule has 2 aromatic rings. The van der Waals surface area contributed by atoms with Crippen LogP contribution < -0.4 is 5.32 Å². The lowest BCUT2D eigenvalue weighted by Gasteiger charge is -2.07. The maximum atomic E-state index is 12.1. The van der Waals surface area contributed by atoms with E-state index in [1.165, 1.54) is 0 Å². The lowest BCUT2D eigenvalue weighted by Crippen LogP contribution is -2.12. The van der Waals surface area contributed by atoms with Crippen molar-refractivity contribution in [3.63, 3.8) is 0 Å². The van der Waals surface area contributed by atoms with Crippen LogP contribution >= 0.6 is 39.1 Å². The van der Waals surface area contributed by atoms with Gasteiger partial charge in [-0.05, 0) is 51.8 Å². The van der Waals surface area contributed by atoms with Crippen molar-refractivity contribution in [1.82, 2.24) is 0 Å². The molecule has 1 N–H and O–H groups in total. The zero-order valence-electron chi connectivity index (χ0n) is 9.79. The molecule has 2 nitrogen and oxygen atoms in total. The molecule has 0 aliphatic carbocycles. The molecule has 0 saturated carbocycles. The van der Waals surface area contributed by atoms with Crippen LogP contribution in [0.2, 0.25) is 5.02 Å². The van der Waals surface area contributed by atoms with Crippen molar-refractivity contribution in [2.45, 2.75) is 5.88 Å². The first-order valence-corrected chi connectivity index (χ1v) is 7.22. The monoisotopic (exact) mass is 357 g/mol. The Bertz CT molecular complexity index is 599. The van der Waals surface area contributed by atoms with Gasteiger partial charge in [-0.3, -0.25) is 4.79 Å². The summed E-state index contributed by atoms with van der Waals surface area (Å²) in [6.07, 6.45) is 0. The SMILES string of the molecule is O=C(Nc1ccc(CCl)cc1)c1ccc(Cl)cc1Br. The van der Waals surface area contributed by atoms with Gasteiger partial charge in [0.2, 0.25) is 0 Å². The Morgan fingerprint density at radius 2 is 1.84 bits per heavy atom. The second-order valence-corrected chi connectivity index (χ2v) is 5.47. The van der Waals surface area contributed by atoms with Crippen molar-refractivity contribution in [2.75, 3.05) is 5.32 Å². The third-order valence-electron chi connectivity index (χ3n) is 2.54. The van der Waals surface area contributed by atoms with Crippen LogP contribution in [0.25, 0.3) is 0 Å². The van der Waals surface area contributed by atoms with Crippen molar-refractivity contribution in [1.29, 1.82) is 0 Å². The molecule has 0 aliphatic heterocycles. The molecule has 0 unspecified atom stereocenters. The van der Waals surface area contributed by atoms with Crippen LogP contribution in [-0.2, 0) is 5.88 Å². The van der Waals surface area contributed by atoms with Gasteiger partial charge in [0.05, 0.1) is 5.56 Å². The highest BCUT2D eigenvalue weighted by Crippen LogP contribution is 2.22. The summed E-state index contributed by atoms with van der Waals surface area (Å²) in [5.41, 5.74) is 2.26. The van der Waals surface area contributed by atoms with Crippen LogP contribution in [0.3, 0.4) is 0 Å². The molecule has 0 aliphatic rings. The van der Waals surface area contributed by atoms with E-state index in [1.807, 2.05) is 24.3 Å². The van der Waals surface area contributed by atoms with Crippen LogP contribution in [0, 0.1) is 0 Å². The lowest BCUT2D eigenvalue weighted by molar-refractivity contribution is 0.102. The standard InChI is InChI=1S/C14H10BrCl2NO/c15-13-7-10(17)3-6-12(13)14(19)18-11-4-1-9(8-16)2-5-11/h1-7H,8H2,(H,18,19). The summed E-state index contributed by atoms with van der Waals surface area (Å²) in [6, 6.07) is 12.4.